The highest BCUT2D eigenvalue weighted by molar-refractivity contribution is 7.89. The summed E-state index contributed by atoms with van der Waals surface area (Å²) >= 11 is 5.96. The zero-order valence-electron chi connectivity index (χ0n) is 19.4. The molecule has 0 saturated heterocycles. The third kappa shape index (κ3) is 6.82. The van der Waals surface area contributed by atoms with Crippen molar-refractivity contribution in [3.8, 4) is 5.75 Å². The summed E-state index contributed by atoms with van der Waals surface area (Å²) in [5, 5.41) is 3.52. The Morgan fingerprint density at radius 2 is 1.71 bits per heavy atom. The lowest BCUT2D eigenvalue weighted by Crippen LogP contribution is -2.48. The first kappa shape index (κ1) is 25.7. The molecule has 0 aliphatic heterocycles. The number of amides is 1. The number of ether oxygens (including phenoxy) is 1. The number of carbonyl (C=O) groups is 1. The van der Waals surface area contributed by atoms with Crippen LogP contribution in [0.15, 0.2) is 77.7 Å². The Balaban J connectivity index is 1.84. The van der Waals surface area contributed by atoms with Gasteiger partial charge in [0.15, 0.2) is 0 Å². The molecule has 0 spiro atoms. The Labute approximate surface area is 206 Å². The molecule has 3 rings (SSSR count). The minimum atomic E-state index is -3.97. The van der Waals surface area contributed by atoms with Crippen molar-refractivity contribution in [3.63, 3.8) is 0 Å². The minimum Gasteiger partial charge on any atom is -0.494 e. The fraction of sp³-hybridized carbons (Fsp3) is 0.269. The fourth-order valence-electron chi connectivity index (χ4n) is 3.55. The monoisotopic (exact) mass is 500 g/mol. The number of benzene rings is 3. The van der Waals surface area contributed by atoms with Gasteiger partial charge in [-0.15, -0.1) is 0 Å². The normalized spacial score (nSPS) is 13.2. The van der Waals surface area contributed by atoms with Crippen molar-refractivity contribution in [3.05, 3.63) is 94.5 Å². The van der Waals surface area contributed by atoms with Crippen molar-refractivity contribution in [2.24, 2.45) is 0 Å². The van der Waals surface area contributed by atoms with Gasteiger partial charge in [-0.3, -0.25) is 4.79 Å². The molecule has 6 nitrogen and oxygen atoms in total. The number of sulfonamides is 1. The summed E-state index contributed by atoms with van der Waals surface area (Å²) in [5.74, 6) is 0.203. The minimum absolute atomic E-state index is 0.0741. The van der Waals surface area contributed by atoms with E-state index in [9.17, 15) is 13.2 Å². The zero-order valence-corrected chi connectivity index (χ0v) is 21.0. The second-order valence-electron chi connectivity index (χ2n) is 8.01. The van der Waals surface area contributed by atoms with E-state index in [0.717, 1.165) is 11.1 Å². The highest BCUT2D eigenvalue weighted by Gasteiger charge is 2.27. The maximum Gasteiger partial charge on any atom is 0.241 e. The van der Waals surface area contributed by atoms with E-state index >= 15 is 0 Å². The molecule has 180 valence electrons. The standard InChI is InChI=1S/C26H29ClN2O4S/c1-4-33-25-15-14-23(16-18(25)2)34(31,32)29-24(17-20-8-6-5-7-9-20)26(30)28-19(3)21-10-12-22(27)13-11-21/h5-16,19,24,29H,4,17H2,1-3H3,(H,28,30)/t19-,24+/m1/s1. The summed E-state index contributed by atoms with van der Waals surface area (Å²) in [6.07, 6.45) is 0.204. The molecule has 0 unspecified atom stereocenters. The van der Waals surface area contributed by atoms with Crippen LogP contribution in [0.4, 0.5) is 0 Å². The van der Waals surface area contributed by atoms with Gasteiger partial charge >= 0.3 is 0 Å². The van der Waals surface area contributed by atoms with E-state index in [-0.39, 0.29) is 17.4 Å². The topological polar surface area (TPSA) is 84.5 Å². The van der Waals surface area contributed by atoms with Crippen molar-refractivity contribution in [2.45, 2.75) is 44.2 Å². The molecule has 2 atom stereocenters. The lowest BCUT2D eigenvalue weighted by molar-refractivity contribution is -0.123. The van der Waals surface area contributed by atoms with Gasteiger partial charge in [0.2, 0.25) is 15.9 Å². The number of hydrogen-bond acceptors (Lipinski definition) is 4. The third-order valence-corrected chi connectivity index (χ3v) is 7.10. The molecule has 3 aromatic carbocycles. The first-order valence-corrected chi connectivity index (χ1v) is 12.9. The molecule has 0 bridgehead atoms. The van der Waals surface area contributed by atoms with Crippen molar-refractivity contribution >= 4 is 27.5 Å². The first-order valence-electron chi connectivity index (χ1n) is 11.0. The Hall–Kier alpha value is -2.87. The Morgan fingerprint density at radius 1 is 1.03 bits per heavy atom. The molecule has 0 aliphatic rings. The maximum atomic E-state index is 13.2. The fourth-order valence-corrected chi connectivity index (χ4v) is 4.95. The predicted octanol–water partition coefficient (Wildman–Crippen LogP) is 4.81. The van der Waals surface area contributed by atoms with Crippen LogP contribution < -0.4 is 14.8 Å². The molecule has 0 heterocycles. The van der Waals surface area contributed by atoms with Gasteiger partial charge in [-0.25, -0.2) is 8.42 Å². The summed E-state index contributed by atoms with van der Waals surface area (Å²) in [7, 11) is -3.97. The molecule has 0 aliphatic carbocycles. The molecule has 0 aromatic heterocycles. The van der Waals surface area contributed by atoms with Gasteiger partial charge in [-0.2, -0.15) is 4.72 Å². The Morgan fingerprint density at radius 3 is 2.32 bits per heavy atom. The summed E-state index contributed by atoms with van der Waals surface area (Å²) in [6, 6.07) is 19.8. The number of nitrogens with one attached hydrogen (secondary N) is 2. The maximum absolute atomic E-state index is 13.2. The van der Waals surface area contributed by atoms with Crippen LogP contribution in [-0.4, -0.2) is 27.0 Å². The molecule has 1 amide bonds. The van der Waals surface area contributed by atoms with Crippen molar-refractivity contribution in [2.75, 3.05) is 6.61 Å². The predicted molar refractivity (Wildman–Crippen MR) is 135 cm³/mol. The van der Waals surface area contributed by atoms with E-state index in [4.69, 9.17) is 16.3 Å². The second-order valence-corrected chi connectivity index (χ2v) is 10.2. The van der Waals surface area contributed by atoms with Gasteiger partial charge in [-0.05, 0) is 74.2 Å². The van der Waals surface area contributed by atoms with Gasteiger partial charge in [0.1, 0.15) is 11.8 Å². The molecular formula is C26H29ClN2O4S. The SMILES string of the molecule is CCOc1ccc(S(=O)(=O)N[C@@H](Cc2ccccc2)C(=O)N[C@H](C)c2ccc(Cl)cc2)cc1C. The van der Waals surface area contributed by atoms with Gasteiger partial charge in [0.05, 0.1) is 17.5 Å². The Kier molecular flexibility index (Phi) is 8.72. The summed E-state index contributed by atoms with van der Waals surface area (Å²) < 4.78 is 34.5. The summed E-state index contributed by atoms with van der Waals surface area (Å²) in [6.45, 7) is 5.97. The molecule has 34 heavy (non-hydrogen) atoms. The van der Waals surface area contributed by atoms with Crippen molar-refractivity contribution in [1.82, 2.24) is 10.0 Å². The van der Waals surface area contributed by atoms with Gasteiger partial charge in [0.25, 0.3) is 0 Å². The highest BCUT2D eigenvalue weighted by Crippen LogP contribution is 2.22. The summed E-state index contributed by atoms with van der Waals surface area (Å²) in [4.78, 5) is 13.3. The average molecular weight is 501 g/mol. The van der Waals surface area contributed by atoms with Gasteiger partial charge in [0, 0.05) is 5.02 Å². The van der Waals surface area contributed by atoms with Crippen LogP contribution in [0.3, 0.4) is 0 Å². The second kappa shape index (κ2) is 11.5. The third-order valence-electron chi connectivity index (χ3n) is 5.38. The quantitative estimate of drug-likeness (QED) is 0.418. The van der Waals surface area contributed by atoms with E-state index in [0.29, 0.717) is 22.9 Å². The number of halogens is 1. The van der Waals surface area contributed by atoms with E-state index in [2.05, 4.69) is 10.0 Å². The Bertz CT molecular complexity index is 1220. The number of carbonyl (C=O) groups excluding carboxylic acids is 1. The van der Waals surface area contributed by atoms with Gasteiger partial charge in [-0.1, -0.05) is 54.1 Å². The van der Waals surface area contributed by atoms with Crippen LogP contribution >= 0.6 is 11.6 Å². The largest absolute Gasteiger partial charge is 0.494 e. The molecule has 0 fully saturated rings. The molecule has 8 heteroatoms. The number of rotatable bonds is 10. The van der Waals surface area contributed by atoms with Crippen molar-refractivity contribution in [1.29, 1.82) is 0 Å². The summed E-state index contributed by atoms with van der Waals surface area (Å²) in [5.41, 5.74) is 2.40. The molecule has 2 N–H and O–H groups in total. The lowest BCUT2D eigenvalue weighted by atomic mass is 10.0. The zero-order chi connectivity index (χ0) is 24.7. The van der Waals surface area contributed by atoms with E-state index < -0.39 is 22.0 Å². The smallest absolute Gasteiger partial charge is 0.241 e. The molecular weight excluding hydrogens is 472 g/mol. The van der Waals surface area contributed by atoms with Crippen LogP contribution in [0, 0.1) is 6.92 Å². The number of aryl methyl sites for hydroxylation is 1. The average Bonchev–Trinajstić information content (AvgIpc) is 2.81. The van der Waals surface area contributed by atoms with Crippen LogP contribution in [0.2, 0.25) is 5.02 Å². The molecule has 0 saturated carbocycles. The van der Waals surface area contributed by atoms with Crippen molar-refractivity contribution < 1.29 is 17.9 Å². The van der Waals surface area contributed by atoms with Crippen LogP contribution in [0.25, 0.3) is 0 Å². The molecule has 0 radical (unpaired) electrons. The van der Waals surface area contributed by atoms with Crippen LogP contribution in [0.1, 0.15) is 36.6 Å². The van der Waals surface area contributed by atoms with E-state index in [1.165, 1.54) is 6.07 Å². The lowest BCUT2D eigenvalue weighted by Gasteiger charge is -2.22. The van der Waals surface area contributed by atoms with Crippen LogP contribution in [0.5, 0.6) is 5.75 Å². The van der Waals surface area contributed by atoms with E-state index in [1.54, 1.807) is 31.2 Å². The highest BCUT2D eigenvalue weighted by atomic mass is 35.5. The first-order chi connectivity index (χ1) is 16.2. The van der Waals surface area contributed by atoms with E-state index in [1.807, 2.05) is 56.3 Å². The molecule has 3 aromatic rings. The number of hydrogen-bond donors (Lipinski definition) is 2. The van der Waals surface area contributed by atoms with Crippen LogP contribution in [-0.2, 0) is 21.2 Å². The van der Waals surface area contributed by atoms with Gasteiger partial charge < -0.3 is 10.1 Å².